The average molecular weight is 374 g/mol. The van der Waals surface area contributed by atoms with Gasteiger partial charge in [0.2, 0.25) is 5.91 Å². The number of hydrogen-bond donors (Lipinski definition) is 1. The molecular weight excluding hydrogens is 346 g/mol. The average Bonchev–Trinajstić information content (AvgIpc) is 2.70. The number of thioether (sulfide) groups is 1. The summed E-state index contributed by atoms with van der Waals surface area (Å²) >= 11 is 1.64. The van der Waals surface area contributed by atoms with E-state index in [1.165, 1.54) is 5.56 Å². The predicted molar refractivity (Wildman–Crippen MR) is 108 cm³/mol. The Hall–Kier alpha value is -2.14. The quantitative estimate of drug-likeness (QED) is 0.698. The van der Waals surface area contributed by atoms with E-state index >= 15 is 0 Å². The summed E-state index contributed by atoms with van der Waals surface area (Å²) in [5.41, 5.74) is 2.24. The molecule has 0 aliphatic rings. The molecule has 0 aliphatic heterocycles. The van der Waals surface area contributed by atoms with Gasteiger partial charge in [-0.25, -0.2) is 0 Å². The summed E-state index contributed by atoms with van der Waals surface area (Å²) in [5, 5.41) is 3.03. The van der Waals surface area contributed by atoms with Gasteiger partial charge in [-0.3, -0.25) is 4.79 Å². The highest BCUT2D eigenvalue weighted by atomic mass is 32.2. The summed E-state index contributed by atoms with van der Waals surface area (Å²) in [4.78, 5) is 12.6. The zero-order valence-electron chi connectivity index (χ0n) is 15.8. The van der Waals surface area contributed by atoms with E-state index in [1.807, 2.05) is 43.3 Å². The van der Waals surface area contributed by atoms with Crippen LogP contribution in [0.1, 0.15) is 37.4 Å². The van der Waals surface area contributed by atoms with Crippen LogP contribution in [0.4, 0.5) is 0 Å². The van der Waals surface area contributed by atoms with E-state index in [4.69, 9.17) is 9.47 Å². The van der Waals surface area contributed by atoms with Crippen molar-refractivity contribution in [1.29, 1.82) is 0 Å². The molecule has 140 valence electrons. The second-order valence-electron chi connectivity index (χ2n) is 6.02. The summed E-state index contributed by atoms with van der Waals surface area (Å²) in [6.45, 7) is 4.01. The minimum absolute atomic E-state index is 0.0487. The normalized spacial score (nSPS) is 12.9. The molecule has 0 radical (unpaired) electrons. The van der Waals surface area contributed by atoms with Gasteiger partial charge in [0.15, 0.2) is 11.5 Å². The molecule has 0 fully saturated rings. The van der Waals surface area contributed by atoms with Crippen LogP contribution in [0.25, 0.3) is 0 Å². The molecule has 2 aromatic carbocycles. The van der Waals surface area contributed by atoms with Gasteiger partial charge in [0.05, 0.1) is 25.5 Å². The SMILES string of the molecule is CCC(NC(=O)C(C)SCc1ccccc1)c1ccc(OC)c(OC)c1. The molecular formula is C21H27NO3S. The van der Waals surface area contributed by atoms with Crippen molar-refractivity contribution < 1.29 is 14.3 Å². The van der Waals surface area contributed by atoms with Crippen molar-refractivity contribution in [3.8, 4) is 11.5 Å². The van der Waals surface area contributed by atoms with Crippen molar-refractivity contribution in [3.05, 3.63) is 59.7 Å². The zero-order valence-corrected chi connectivity index (χ0v) is 16.6. The second kappa shape index (κ2) is 10.1. The summed E-state index contributed by atoms with van der Waals surface area (Å²) in [6.07, 6.45) is 0.803. The molecule has 5 heteroatoms. The maximum atomic E-state index is 12.6. The van der Waals surface area contributed by atoms with Crippen molar-refractivity contribution in [3.63, 3.8) is 0 Å². The lowest BCUT2D eigenvalue weighted by molar-refractivity contribution is -0.121. The molecule has 4 nitrogen and oxygen atoms in total. The van der Waals surface area contributed by atoms with Crippen molar-refractivity contribution in [2.75, 3.05) is 14.2 Å². The van der Waals surface area contributed by atoms with Crippen LogP contribution >= 0.6 is 11.8 Å². The predicted octanol–water partition coefficient (Wildman–Crippen LogP) is 4.59. The molecule has 0 aromatic heterocycles. The second-order valence-corrected chi connectivity index (χ2v) is 7.35. The molecule has 0 saturated carbocycles. The third-order valence-corrected chi connectivity index (χ3v) is 5.46. The minimum Gasteiger partial charge on any atom is -0.493 e. The molecule has 0 bridgehead atoms. The molecule has 2 unspecified atom stereocenters. The fourth-order valence-electron chi connectivity index (χ4n) is 2.65. The highest BCUT2D eigenvalue weighted by molar-refractivity contribution is 7.99. The van der Waals surface area contributed by atoms with Gasteiger partial charge in [0.25, 0.3) is 0 Å². The summed E-state index contributed by atoms with van der Waals surface area (Å²) < 4.78 is 10.7. The molecule has 2 aromatic rings. The fourth-order valence-corrected chi connectivity index (χ4v) is 3.51. The lowest BCUT2D eigenvalue weighted by atomic mass is 10.0. The largest absolute Gasteiger partial charge is 0.493 e. The molecule has 1 N–H and O–H groups in total. The Morgan fingerprint density at radius 2 is 1.77 bits per heavy atom. The van der Waals surface area contributed by atoms with E-state index in [0.29, 0.717) is 11.5 Å². The van der Waals surface area contributed by atoms with E-state index < -0.39 is 0 Å². The Morgan fingerprint density at radius 1 is 1.08 bits per heavy atom. The van der Waals surface area contributed by atoms with Crippen LogP contribution in [0, 0.1) is 0 Å². The van der Waals surface area contributed by atoms with Crippen LogP contribution < -0.4 is 14.8 Å². The molecule has 0 saturated heterocycles. The number of nitrogens with one attached hydrogen (secondary N) is 1. The van der Waals surface area contributed by atoms with E-state index in [2.05, 4.69) is 24.4 Å². The molecule has 26 heavy (non-hydrogen) atoms. The van der Waals surface area contributed by atoms with E-state index in [0.717, 1.165) is 17.7 Å². The van der Waals surface area contributed by atoms with Crippen molar-refractivity contribution in [2.24, 2.45) is 0 Å². The first-order valence-corrected chi connectivity index (χ1v) is 9.81. The Kier molecular flexibility index (Phi) is 7.85. The lowest BCUT2D eigenvalue weighted by Gasteiger charge is -2.21. The Morgan fingerprint density at radius 3 is 2.38 bits per heavy atom. The van der Waals surface area contributed by atoms with Gasteiger partial charge in [0, 0.05) is 5.75 Å². The molecule has 2 atom stereocenters. The Labute approximate surface area is 160 Å². The van der Waals surface area contributed by atoms with Crippen LogP contribution in [0.3, 0.4) is 0 Å². The van der Waals surface area contributed by atoms with Crippen LogP contribution in [0.2, 0.25) is 0 Å². The third-order valence-electron chi connectivity index (χ3n) is 4.25. The van der Waals surface area contributed by atoms with Gasteiger partial charge in [-0.2, -0.15) is 0 Å². The summed E-state index contributed by atoms with van der Waals surface area (Å²) in [5.74, 6) is 2.23. The number of rotatable bonds is 9. The number of carbonyl (C=O) groups excluding carboxylic acids is 1. The lowest BCUT2D eigenvalue weighted by Crippen LogP contribution is -2.34. The van der Waals surface area contributed by atoms with Gasteiger partial charge in [-0.1, -0.05) is 43.3 Å². The van der Waals surface area contributed by atoms with Crippen LogP contribution in [0.5, 0.6) is 11.5 Å². The van der Waals surface area contributed by atoms with E-state index in [1.54, 1.807) is 26.0 Å². The Bertz CT molecular complexity index is 706. The van der Waals surface area contributed by atoms with Crippen molar-refractivity contribution >= 4 is 17.7 Å². The standard InChI is InChI=1S/C21H27NO3S/c1-5-18(17-11-12-19(24-3)20(13-17)25-4)22-21(23)15(2)26-14-16-9-7-6-8-10-16/h6-13,15,18H,5,14H2,1-4H3,(H,22,23). The van der Waals surface area contributed by atoms with Crippen LogP contribution in [-0.4, -0.2) is 25.4 Å². The number of carbonyl (C=O) groups is 1. The molecule has 2 rings (SSSR count). The van der Waals surface area contributed by atoms with Gasteiger partial charge >= 0.3 is 0 Å². The number of amides is 1. The number of methoxy groups -OCH3 is 2. The van der Waals surface area contributed by atoms with Gasteiger partial charge in [0.1, 0.15) is 0 Å². The topological polar surface area (TPSA) is 47.6 Å². The first-order valence-electron chi connectivity index (χ1n) is 8.76. The fraction of sp³-hybridized carbons (Fsp3) is 0.381. The molecule has 0 aliphatic carbocycles. The monoisotopic (exact) mass is 373 g/mol. The first kappa shape index (κ1) is 20.2. The molecule has 1 amide bonds. The minimum atomic E-state index is -0.121. The van der Waals surface area contributed by atoms with Gasteiger partial charge < -0.3 is 14.8 Å². The van der Waals surface area contributed by atoms with Gasteiger partial charge in [-0.15, -0.1) is 11.8 Å². The smallest absolute Gasteiger partial charge is 0.233 e. The van der Waals surface area contributed by atoms with Crippen LogP contribution in [-0.2, 0) is 10.5 Å². The first-order chi connectivity index (χ1) is 12.6. The number of ether oxygens (including phenoxy) is 2. The number of hydrogen-bond acceptors (Lipinski definition) is 4. The summed E-state index contributed by atoms with van der Waals surface area (Å²) in [6, 6.07) is 15.9. The van der Waals surface area contributed by atoms with Crippen LogP contribution in [0.15, 0.2) is 48.5 Å². The molecule has 0 spiro atoms. The Balaban J connectivity index is 1.98. The summed E-state index contributed by atoms with van der Waals surface area (Å²) in [7, 11) is 3.23. The van der Waals surface area contributed by atoms with Gasteiger partial charge in [-0.05, 0) is 36.6 Å². The van der Waals surface area contributed by atoms with E-state index in [-0.39, 0.29) is 17.2 Å². The maximum absolute atomic E-state index is 12.6. The molecule has 0 heterocycles. The van der Waals surface area contributed by atoms with Crippen molar-refractivity contribution in [1.82, 2.24) is 5.32 Å². The zero-order chi connectivity index (χ0) is 18.9. The third kappa shape index (κ3) is 5.43. The van der Waals surface area contributed by atoms with Crippen molar-refractivity contribution in [2.45, 2.75) is 37.3 Å². The highest BCUT2D eigenvalue weighted by Gasteiger charge is 2.19. The maximum Gasteiger partial charge on any atom is 0.233 e. The highest BCUT2D eigenvalue weighted by Crippen LogP contribution is 2.31. The number of benzene rings is 2. The van der Waals surface area contributed by atoms with E-state index in [9.17, 15) is 4.79 Å².